The fourth-order valence-electron chi connectivity index (χ4n) is 1.56. The Labute approximate surface area is 115 Å². The van der Waals surface area contributed by atoms with Gasteiger partial charge in [-0.05, 0) is 25.3 Å². The van der Waals surface area contributed by atoms with E-state index < -0.39 is 15.3 Å². The first-order chi connectivity index (χ1) is 9.02. The second-order valence-electron chi connectivity index (χ2n) is 4.47. The molecule has 1 rings (SSSR count). The fraction of sp³-hybridized carbons (Fsp3) is 0.500. The lowest BCUT2D eigenvalue weighted by molar-refractivity contribution is 0.268. The number of aliphatic hydroxyl groups excluding tert-OH is 1. The molecule has 0 saturated carbocycles. The van der Waals surface area contributed by atoms with Crippen LogP contribution in [0.3, 0.4) is 0 Å². The normalized spacial score (nSPS) is 13.8. The standard InChI is InChI=1S/C14H21NO3S/c1-13(16)19(17,18)11-7-3-6-10-15-12-14-8-4-2-5-9-14/h2,4-5,8-9,12-13,16H,3,6-7,10-11H2,1H3. The van der Waals surface area contributed by atoms with E-state index in [0.717, 1.165) is 18.4 Å². The number of unbranched alkanes of at least 4 members (excludes halogenated alkanes) is 2. The van der Waals surface area contributed by atoms with Crippen LogP contribution < -0.4 is 0 Å². The summed E-state index contributed by atoms with van der Waals surface area (Å²) >= 11 is 0. The van der Waals surface area contributed by atoms with E-state index in [1.165, 1.54) is 6.92 Å². The maximum atomic E-state index is 11.3. The van der Waals surface area contributed by atoms with Crippen molar-refractivity contribution in [1.29, 1.82) is 0 Å². The molecular weight excluding hydrogens is 262 g/mol. The molecule has 1 unspecified atom stereocenters. The van der Waals surface area contributed by atoms with Gasteiger partial charge in [-0.2, -0.15) is 0 Å². The number of nitrogens with zero attached hydrogens (tertiary/aromatic N) is 1. The average molecular weight is 283 g/mol. The third-order valence-corrected chi connectivity index (χ3v) is 4.67. The number of aliphatic hydroxyl groups is 1. The van der Waals surface area contributed by atoms with Gasteiger partial charge in [-0.15, -0.1) is 0 Å². The van der Waals surface area contributed by atoms with Crippen LogP contribution in [0.25, 0.3) is 0 Å². The van der Waals surface area contributed by atoms with Crippen molar-refractivity contribution in [3.63, 3.8) is 0 Å². The van der Waals surface area contributed by atoms with Crippen LogP contribution in [-0.4, -0.2) is 37.5 Å². The zero-order chi connectivity index (χ0) is 14.1. The Morgan fingerprint density at radius 3 is 2.53 bits per heavy atom. The highest BCUT2D eigenvalue weighted by molar-refractivity contribution is 7.91. The van der Waals surface area contributed by atoms with Crippen LogP contribution in [-0.2, 0) is 9.84 Å². The Hall–Kier alpha value is -1.20. The molecule has 1 aromatic carbocycles. The van der Waals surface area contributed by atoms with Crippen molar-refractivity contribution in [1.82, 2.24) is 0 Å². The van der Waals surface area contributed by atoms with Gasteiger partial charge in [0.05, 0.1) is 5.75 Å². The Kier molecular flexibility index (Phi) is 6.73. The molecule has 106 valence electrons. The minimum absolute atomic E-state index is 0.0487. The largest absolute Gasteiger partial charge is 0.377 e. The van der Waals surface area contributed by atoms with Gasteiger partial charge < -0.3 is 5.11 Å². The molecule has 0 fully saturated rings. The van der Waals surface area contributed by atoms with E-state index in [9.17, 15) is 8.42 Å². The minimum Gasteiger partial charge on any atom is -0.377 e. The van der Waals surface area contributed by atoms with Gasteiger partial charge >= 0.3 is 0 Å². The van der Waals surface area contributed by atoms with Gasteiger partial charge in [-0.3, -0.25) is 4.99 Å². The predicted molar refractivity (Wildman–Crippen MR) is 78.2 cm³/mol. The molecule has 19 heavy (non-hydrogen) atoms. The summed E-state index contributed by atoms with van der Waals surface area (Å²) in [4.78, 5) is 4.29. The first-order valence-corrected chi connectivity index (χ1v) is 8.18. The van der Waals surface area contributed by atoms with E-state index in [-0.39, 0.29) is 5.75 Å². The van der Waals surface area contributed by atoms with Crippen LogP contribution in [0.1, 0.15) is 31.7 Å². The third kappa shape index (κ3) is 6.50. The molecule has 0 aliphatic rings. The summed E-state index contributed by atoms with van der Waals surface area (Å²) in [5, 5.41) is 9.04. The zero-order valence-corrected chi connectivity index (χ0v) is 12.0. The number of hydrogen-bond donors (Lipinski definition) is 1. The predicted octanol–water partition coefficient (Wildman–Crippen LogP) is 2.03. The quantitative estimate of drug-likeness (QED) is 0.586. The molecule has 0 radical (unpaired) electrons. The monoisotopic (exact) mass is 283 g/mol. The van der Waals surface area contributed by atoms with Crippen molar-refractivity contribution in [2.45, 2.75) is 31.6 Å². The van der Waals surface area contributed by atoms with Gasteiger partial charge in [0.25, 0.3) is 0 Å². The summed E-state index contributed by atoms with van der Waals surface area (Å²) in [6, 6.07) is 9.85. The maximum Gasteiger partial charge on any atom is 0.176 e. The van der Waals surface area contributed by atoms with Gasteiger partial charge in [-0.1, -0.05) is 36.8 Å². The average Bonchev–Trinajstić information content (AvgIpc) is 2.38. The van der Waals surface area contributed by atoms with Gasteiger partial charge in [0.15, 0.2) is 15.3 Å². The van der Waals surface area contributed by atoms with Gasteiger partial charge in [0.2, 0.25) is 0 Å². The Balaban J connectivity index is 2.14. The molecule has 0 aliphatic heterocycles. The first-order valence-electron chi connectivity index (χ1n) is 6.47. The molecule has 1 aromatic rings. The summed E-state index contributed by atoms with van der Waals surface area (Å²) in [5.41, 5.74) is -0.192. The third-order valence-electron chi connectivity index (χ3n) is 2.78. The van der Waals surface area contributed by atoms with E-state index in [2.05, 4.69) is 4.99 Å². The van der Waals surface area contributed by atoms with Crippen LogP contribution >= 0.6 is 0 Å². The van der Waals surface area contributed by atoms with Crippen molar-refractivity contribution >= 4 is 16.1 Å². The Morgan fingerprint density at radius 1 is 1.21 bits per heavy atom. The van der Waals surface area contributed by atoms with Crippen molar-refractivity contribution in [3.05, 3.63) is 35.9 Å². The summed E-state index contributed by atoms with van der Waals surface area (Å²) < 4.78 is 22.6. The molecule has 0 aromatic heterocycles. The molecule has 0 bridgehead atoms. The molecule has 0 spiro atoms. The van der Waals surface area contributed by atoms with Crippen molar-refractivity contribution in [2.75, 3.05) is 12.3 Å². The molecule has 0 heterocycles. The molecule has 1 atom stereocenters. The van der Waals surface area contributed by atoms with Crippen LogP contribution in [0.15, 0.2) is 35.3 Å². The maximum absolute atomic E-state index is 11.3. The molecule has 0 aliphatic carbocycles. The Bertz CT molecular complexity index is 481. The van der Waals surface area contributed by atoms with Crippen LogP contribution in [0, 0.1) is 0 Å². The molecule has 1 N–H and O–H groups in total. The highest BCUT2D eigenvalue weighted by atomic mass is 32.2. The SMILES string of the molecule is CC(O)S(=O)(=O)CCCCCN=Cc1ccccc1. The summed E-state index contributed by atoms with van der Waals surface area (Å²) in [7, 11) is -3.32. The van der Waals surface area contributed by atoms with Crippen molar-refractivity contribution in [3.8, 4) is 0 Å². The first kappa shape index (κ1) is 15.9. The van der Waals surface area contributed by atoms with Crippen molar-refractivity contribution < 1.29 is 13.5 Å². The molecule has 4 nitrogen and oxygen atoms in total. The van der Waals surface area contributed by atoms with E-state index in [4.69, 9.17) is 5.11 Å². The lowest BCUT2D eigenvalue weighted by atomic mass is 10.2. The summed E-state index contributed by atoms with van der Waals surface area (Å²) in [5.74, 6) is 0.0487. The highest BCUT2D eigenvalue weighted by Crippen LogP contribution is 2.04. The lowest BCUT2D eigenvalue weighted by Crippen LogP contribution is -2.20. The van der Waals surface area contributed by atoms with E-state index in [0.29, 0.717) is 13.0 Å². The number of rotatable bonds is 8. The Morgan fingerprint density at radius 2 is 1.89 bits per heavy atom. The summed E-state index contributed by atoms with van der Waals surface area (Å²) in [6.07, 6.45) is 4.07. The van der Waals surface area contributed by atoms with E-state index >= 15 is 0 Å². The van der Waals surface area contributed by atoms with Gasteiger partial charge in [-0.25, -0.2) is 8.42 Å². The second kappa shape index (κ2) is 8.07. The second-order valence-corrected chi connectivity index (χ2v) is 6.89. The van der Waals surface area contributed by atoms with E-state index in [1.807, 2.05) is 36.5 Å². The van der Waals surface area contributed by atoms with Gasteiger partial charge in [0.1, 0.15) is 0 Å². The highest BCUT2D eigenvalue weighted by Gasteiger charge is 2.16. The number of aliphatic imine (C=N–C) groups is 1. The molecule has 0 amide bonds. The number of benzene rings is 1. The zero-order valence-electron chi connectivity index (χ0n) is 11.2. The molecular formula is C14H21NO3S. The van der Waals surface area contributed by atoms with Crippen molar-refractivity contribution in [2.24, 2.45) is 4.99 Å². The smallest absolute Gasteiger partial charge is 0.176 e. The fourth-order valence-corrected chi connectivity index (χ4v) is 2.51. The molecule has 0 saturated heterocycles. The lowest BCUT2D eigenvalue weighted by Gasteiger charge is -2.05. The molecule has 5 heteroatoms. The summed E-state index contributed by atoms with van der Waals surface area (Å²) in [6.45, 7) is 1.99. The van der Waals surface area contributed by atoms with E-state index in [1.54, 1.807) is 0 Å². The van der Waals surface area contributed by atoms with Crippen LogP contribution in [0.4, 0.5) is 0 Å². The van der Waals surface area contributed by atoms with Crippen LogP contribution in [0.5, 0.6) is 0 Å². The van der Waals surface area contributed by atoms with Crippen LogP contribution in [0.2, 0.25) is 0 Å². The number of sulfone groups is 1. The van der Waals surface area contributed by atoms with Gasteiger partial charge in [0, 0.05) is 12.8 Å². The topological polar surface area (TPSA) is 66.7 Å². The number of hydrogen-bond acceptors (Lipinski definition) is 4. The minimum atomic E-state index is -3.32.